The summed E-state index contributed by atoms with van der Waals surface area (Å²) in [4.78, 5) is 0.304. The Morgan fingerprint density at radius 1 is 1.57 bits per heavy atom. The van der Waals surface area contributed by atoms with Crippen molar-refractivity contribution >= 4 is 28.8 Å². The van der Waals surface area contributed by atoms with E-state index in [0.717, 1.165) is 6.42 Å². The number of ether oxygens (including phenoxy) is 1. The lowest BCUT2D eigenvalue weighted by Crippen LogP contribution is -2.12. The fraction of sp³-hybridized carbons (Fsp3) is 0.300. The summed E-state index contributed by atoms with van der Waals surface area (Å²) in [5.41, 5.74) is 6.24. The average molecular weight is 230 g/mol. The van der Waals surface area contributed by atoms with E-state index in [1.807, 2.05) is 6.92 Å². The summed E-state index contributed by atoms with van der Waals surface area (Å²) in [6, 6.07) is 5.26. The van der Waals surface area contributed by atoms with Crippen molar-refractivity contribution < 1.29 is 4.74 Å². The molecule has 1 aromatic rings. The molecule has 2 N–H and O–H groups in total. The van der Waals surface area contributed by atoms with E-state index in [2.05, 4.69) is 0 Å². The second-order valence-electron chi connectivity index (χ2n) is 2.85. The van der Waals surface area contributed by atoms with Crippen molar-refractivity contribution in [3.63, 3.8) is 0 Å². The molecule has 0 bridgehead atoms. The normalized spacial score (nSPS) is 9.86. The average Bonchev–Trinajstić information content (AvgIpc) is 2.15. The molecule has 14 heavy (non-hydrogen) atoms. The van der Waals surface area contributed by atoms with Gasteiger partial charge < -0.3 is 10.5 Å². The SMILES string of the molecule is CCCOc1ccc(Cl)cc1C(N)=S. The van der Waals surface area contributed by atoms with Crippen molar-refractivity contribution in [3.8, 4) is 5.75 Å². The highest BCUT2D eigenvalue weighted by Gasteiger charge is 2.06. The first-order valence-corrected chi connectivity index (χ1v) is 5.16. The summed E-state index contributed by atoms with van der Waals surface area (Å²) in [5.74, 6) is 0.698. The Labute approximate surface area is 94.0 Å². The molecule has 1 aromatic carbocycles. The monoisotopic (exact) mass is 229 g/mol. The third-order valence-electron chi connectivity index (χ3n) is 1.67. The molecule has 0 aliphatic rings. The van der Waals surface area contributed by atoms with Crippen molar-refractivity contribution in [2.75, 3.05) is 6.61 Å². The number of halogens is 1. The van der Waals surface area contributed by atoms with Gasteiger partial charge in [0.1, 0.15) is 10.7 Å². The third-order valence-corrected chi connectivity index (χ3v) is 2.12. The molecule has 0 atom stereocenters. The van der Waals surface area contributed by atoms with Gasteiger partial charge in [-0.2, -0.15) is 0 Å². The molecule has 0 aliphatic carbocycles. The van der Waals surface area contributed by atoms with E-state index in [0.29, 0.717) is 27.9 Å². The minimum absolute atomic E-state index is 0.304. The van der Waals surface area contributed by atoms with Crippen LogP contribution in [0, 0.1) is 0 Å². The van der Waals surface area contributed by atoms with Crippen molar-refractivity contribution in [1.82, 2.24) is 0 Å². The predicted octanol–water partition coefficient (Wildman–Crippen LogP) is 2.76. The molecule has 1 rings (SSSR count). The minimum atomic E-state index is 0.304. The van der Waals surface area contributed by atoms with Gasteiger partial charge >= 0.3 is 0 Å². The third kappa shape index (κ3) is 2.86. The van der Waals surface area contributed by atoms with E-state index in [1.54, 1.807) is 18.2 Å². The molecule has 2 nitrogen and oxygen atoms in total. The summed E-state index contributed by atoms with van der Waals surface area (Å²) >= 11 is 10.7. The van der Waals surface area contributed by atoms with Crippen LogP contribution >= 0.6 is 23.8 Å². The van der Waals surface area contributed by atoms with Crippen molar-refractivity contribution in [3.05, 3.63) is 28.8 Å². The molecule has 76 valence electrons. The molecule has 0 aliphatic heterocycles. The van der Waals surface area contributed by atoms with Crippen LogP contribution in [-0.2, 0) is 0 Å². The van der Waals surface area contributed by atoms with Gasteiger partial charge in [0, 0.05) is 5.02 Å². The zero-order valence-electron chi connectivity index (χ0n) is 7.92. The summed E-state index contributed by atoms with van der Waals surface area (Å²) in [5, 5.41) is 0.608. The lowest BCUT2D eigenvalue weighted by atomic mass is 10.2. The van der Waals surface area contributed by atoms with E-state index < -0.39 is 0 Å². The lowest BCUT2D eigenvalue weighted by molar-refractivity contribution is 0.317. The van der Waals surface area contributed by atoms with Crippen molar-refractivity contribution in [1.29, 1.82) is 0 Å². The number of hydrogen-bond donors (Lipinski definition) is 1. The van der Waals surface area contributed by atoms with E-state index >= 15 is 0 Å². The highest BCUT2D eigenvalue weighted by atomic mass is 35.5. The standard InChI is InChI=1S/C10H12ClNOS/c1-2-5-13-9-4-3-7(11)6-8(9)10(12)14/h3-4,6H,2,5H2,1H3,(H2,12,14). The predicted molar refractivity (Wildman–Crippen MR) is 63.1 cm³/mol. The van der Waals surface area contributed by atoms with Crippen molar-refractivity contribution in [2.24, 2.45) is 5.73 Å². The fourth-order valence-corrected chi connectivity index (χ4v) is 1.36. The van der Waals surface area contributed by atoms with E-state index in [1.165, 1.54) is 0 Å². The Morgan fingerprint density at radius 2 is 2.29 bits per heavy atom. The first kappa shape index (κ1) is 11.3. The molecule has 0 fully saturated rings. The van der Waals surface area contributed by atoms with Gasteiger partial charge in [-0.3, -0.25) is 0 Å². The zero-order chi connectivity index (χ0) is 10.6. The summed E-state index contributed by atoms with van der Waals surface area (Å²) in [6.45, 7) is 2.69. The number of hydrogen-bond acceptors (Lipinski definition) is 2. The second kappa shape index (κ2) is 5.17. The number of rotatable bonds is 4. The minimum Gasteiger partial charge on any atom is -0.493 e. The van der Waals surface area contributed by atoms with Crippen LogP contribution in [0.3, 0.4) is 0 Å². The van der Waals surface area contributed by atoms with Crippen LogP contribution in [0.5, 0.6) is 5.75 Å². The number of thiocarbonyl (C=S) groups is 1. The van der Waals surface area contributed by atoms with Gasteiger partial charge in [-0.15, -0.1) is 0 Å². The van der Waals surface area contributed by atoms with Crippen molar-refractivity contribution in [2.45, 2.75) is 13.3 Å². The van der Waals surface area contributed by atoms with Gasteiger partial charge in [-0.05, 0) is 24.6 Å². The summed E-state index contributed by atoms with van der Waals surface area (Å²) in [7, 11) is 0. The quantitative estimate of drug-likeness (QED) is 0.807. The molecule has 0 radical (unpaired) electrons. The highest BCUT2D eigenvalue weighted by Crippen LogP contribution is 2.22. The molecule has 0 amide bonds. The van der Waals surface area contributed by atoms with E-state index in [4.69, 9.17) is 34.3 Å². The Morgan fingerprint density at radius 3 is 2.86 bits per heavy atom. The van der Waals surface area contributed by atoms with Gasteiger partial charge in [0.25, 0.3) is 0 Å². The Bertz CT molecular complexity index is 341. The van der Waals surface area contributed by atoms with Crippen LogP contribution in [0.15, 0.2) is 18.2 Å². The van der Waals surface area contributed by atoms with Crippen LogP contribution in [-0.4, -0.2) is 11.6 Å². The fourth-order valence-electron chi connectivity index (χ4n) is 1.03. The second-order valence-corrected chi connectivity index (χ2v) is 3.73. The highest BCUT2D eigenvalue weighted by molar-refractivity contribution is 7.80. The topological polar surface area (TPSA) is 35.2 Å². The molecular weight excluding hydrogens is 218 g/mol. The van der Waals surface area contributed by atoms with E-state index in [9.17, 15) is 0 Å². The van der Waals surface area contributed by atoms with Crippen LogP contribution in [0.4, 0.5) is 0 Å². The molecule has 0 spiro atoms. The number of nitrogens with two attached hydrogens (primary N) is 1. The van der Waals surface area contributed by atoms with Gasteiger partial charge in [-0.25, -0.2) is 0 Å². The van der Waals surface area contributed by atoms with E-state index in [-0.39, 0.29) is 0 Å². The molecule has 0 heterocycles. The zero-order valence-corrected chi connectivity index (χ0v) is 9.49. The van der Waals surface area contributed by atoms with Crippen LogP contribution in [0.25, 0.3) is 0 Å². The lowest BCUT2D eigenvalue weighted by Gasteiger charge is -2.09. The van der Waals surface area contributed by atoms with Gasteiger partial charge in [0.05, 0.1) is 12.2 Å². The molecule has 0 saturated carbocycles. The maximum absolute atomic E-state index is 5.82. The van der Waals surface area contributed by atoms with Crippen LogP contribution in [0.2, 0.25) is 5.02 Å². The number of benzene rings is 1. The van der Waals surface area contributed by atoms with Gasteiger partial charge in [0.15, 0.2) is 0 Å². The Kier molecular flexibility index (Phi) is 4.17. The van der Waals surface area contributed by atoms with Crippen LogP contribution < -0.4 is 10.5 Å². The molecule has 4 heteroatoms. The smallest absolute Gasteiger partial charge is 0.129 e. The summed E-state index contributed by atoms with van der Waals surface area (Å²) < 4.78 is 5.48. The largest absolute Gasteiger partial charge is 0.493 e. The molecule has 0 unspecified atom stereocenters. The Hall–Kier alpha value is -0.800. The van der Waals surface area contributed by atoms with Gasteiger partial charge in [0.2, 0.25) is 0 Å². The molecule has 0 saturated heterocycles. The maximum atomic E-state index is 5.82. The van der Waals surface area contributed by atoms with Crippen LogP contribution in [0.1, 0.15) is 18.9 Å². The Balaban J connectivity index is 2.96. The molecule has 0 aromatic heterocycles. The van der Waals surface area contributed by atoms with Gasteiger partial charge in [-0.1, -0.05) is 30.7 Å². The first-order chi connectivity index (χ1) is 6.65. The summed E-state index contributed by atoms with van der Waals surface area (Å²) in [6.07, 6.45) is 0.944. The molecular formula is C10H12ClNOS. The maximum Gasteiger partial charge on any atom is 0.129 e. The first-order valence-electron chi connectivity index (χ1n) is 4.37.